The number of thiazole rings is 1. The second-order valence-corrected chi connectivity index (χ2v) is 10.2. The Morgan fingerprint density at radius 2 is 1.74 bits per heavy atom. The maximum absolute atomic E-state index is 12.9. The summed E-state index contributed by atoms with van der Waals surface area (Å²) in [6.45, 7) is 3.87. The highest BCUT2D eigenvalue weighted by Crippen LogP contribution is 2.34. The summed E-state index contributed by atoms with van der Waals surface area (Å²) in [5.41, 5.74) is 2.75. The van der Waals surface area contributed by atoms with Crippen molar-refractivity contribution < 1.29 is 23.9 Å². The van der Waals surface area contributed by atoms with Crippen molar-refractivity contribution in [1.82, 2.24) is 9.88 Å². The van der Waals surface area contributed by atoms with Crippen molar-refractivity contribution in [3.05, 3.63) is 62.9 Å². The summed E-state index contributed by atoms with van der Waals surface area (Å²) in [5, 5.41) is 3.20. The third-order valence-corrected chi connectivity index (χ3v) is 7.21. The number of aromatic nitrogens is 1. The van der Waals surface area contributed by atoms with E-state index in [1.54, 1.807) is 29.5 Å². The molecule has 182 valence electrons. The summed E-state index contributed by atoms with van der Waals surface area (Å²) in [4.78, 5) is 42.4. The van der Waals surface area contributed by atoms with E-state index in [9.17, 15) is 14.4 Å². The quantitative estimate of drug-likeness (QED) is 0.299. The van der Waals surface area contributed by atoms with E-state index in [1.807, 2.05) is 17.0 Å². The van der Waals surface area contributed by atoms with Gasteiger partial charge in [0.05, 0.1) is 17.1 Å². The van der Waals surface area contributed by atoms with Crippen molar-refractivity contribution in [2.24, 2.45) is 0 Å². The molecule has 1 aliphatic heterocycles. The van der Waals surface area contributed by atoms with Gasteiger partial charge in [-0.3, -0.25) is 14.4 Å². The van der Waals surface area contributed by atoms with Gasteiger partial charge in [-0.15, -0.1) is 11.3 Å². The summed E-state index contributed by atoms with van der Waals surface area (Å²) in [5.74, 6) is -0.435. The molecule has 2 heterocycles. The van der Waals surface area contributed by atoms with Crippen LogP contribution in [0.3, 0.4) is 0 Å². The molecule has 1 amide bonds. The molecule has 0 aliphatic carbocycles. The molecule has 2 aromatic carbocycles. The lowest BCUT2D eigenvalue weighted by Gasteiger charge is -2.31. The van der Waals surface area contributed by atoms with E-state index in [0.717, 1.165) is 33.6 Å². The average Bonchev–Trinajstić information content (AvgIpc) is 3.31. The number of carbonyl (C=O) groups excluding carboxylic acids is 3. The van der Waals surface area contributed by atoms with Gasteiger partial charge in [-0.05, 0) is 42.7 Å². The molecule has 9 heteroatoms. The second-order valence-electron chi connectivity index (χ2n) is 8.38. The number of carbonyl (C=O) groups is 3. The molecule has 1 aliphatic rings. The van der Waals surface area contributed by atoms with Crippen LogP contribution in [0.1, 0.15) is 43.2 Å². The number of piperidine rings is 1. The van der Waals surface area contributed by atoms with Crippen LogP contribution in [0.15, 0.2) is 52.3 Å². The topological polar surface area (TPSA) is 85.8 Å². The fourth-order valence-corrected chi connectivity index (χ4v) is 5.45. The Morgan fingerprint density at radius 3 is 2.43 bits per heavy atom. The van der Waals surface area contributed by atoms with Crippen molar-refractivity contribution >= 4 is 45.1 Å². The molecule has 0 bridgehead atoms. The van der Waals surface area contributed by atoms with Gasteiger partial charge in [0.1, 0.15) is 0 Å². The average molecular weight is 557 g/mol. The number of rotatable bonds is 6. The summed E-state index contributed by atoms with van der Waals surface area (Å²) in [6, 6.07) is 12.9. The zero-order valence-corrected chi connectivity index (χ0v) is 21.9. The van der Waals surface area contributed by atoms with E-state index in [1.165, 1.54) is 13.8 Å². The molecule has 0 unspecified atom stereocenters. The number of benzene rings is 2. The fourth-order valence-electron chi connectivity index (χ4n) is 4.05. The van der Waals surface area contributed by atoms with E-state index >= 15 is 0 Å². The highest BCUT2D eigenvalue weighted by atomic mass is 79.9. The summed E-state index contributed by atoms with van der Waals surface area (Å²) in [6.07, 6.45) is 1.89. The lowest BCUT2D eigenvalue weighted by atomic mass is 9.97. The van der Waals surface area contributed by atoms with Gasteiger partial charge in [0.2, 0.25) is 5.91 Å². The van der Waals surface area contributed by atoms with Crippen LogP contribution in [-0.2, 0) is 20.8 Å². The molecule has 1 fully saturated rings. The first-order valence-corrected chi connectivity index (χ1v) is 12.9. The number of halogens is 1. The Labute approximate surface area is 216 Å². The number of hydrogen-bond acceptors (Lipinski definition) is 7. The first kappa shape index (κ1) is 25.1. The number of likely N-dealkylation sites (tertiary alicyclic amines) is 1. The van der Waals surface area contributed by atoms with Gasteiger partial charge >= 0.3 is 11.9 Å². The summed E-state index contributed by atoms with van der Waals surface area (Å²) < 4.78 is 11.3. The minimum absolute atomic E-state index is 0.00595. The maximum Gasteiger partial charge on any atom is 0.308 e. The standard InChI is InChI=1S/C26H25BrN2O5S/c1-16(30)33-23-7-6-18(12-24(23)34-17(2)31)13-25(32)29-10-8-19(9-11-29)26-28-22(15-35-26)20-4-3-5-21(27)14-20/h3-7,12,14-15,19H,8-11,13H2,1-2H3. The smallest absolute Gasteiger partial charge is 0.308 e. The number of esters is 2. The van der Waals surface area contributed by atoms with Crippen LogP contribution < -0.4 is 9.47 Å². The number of amides is 1. The third-order valence-electron chi connectivity index (χ3n) is 5.71. The molecule has 0 saturated carbocycles. The SMILES string of the molecule is CC(=O)Oc1ccc(CC(=O)N2CCC(c3nc(-c4cccc(Br)c4)cs3)CC2)cc1OC(C)=O. The largest absolute Gasteiger partial charge is 0.423 e. The van der Waals surface area contributed by atoms with E-state index in [2.05, 4.69) is 33.4 Å². The van der Waals surface area contributed by atoms with Crippen LogP contribution in [0.25, 0.3) is 11.3 Å². The lowest BCUT2D eigenvalue weighted by Crippen LogP contribution is -2.38. The van der Waals surface area contributed by atoms with E-state index in [0.29, 0.717) is 24.6 Å². The fraction of sp³-hybridized carbons (Fsp3) is 0.308. The predicted octanol–water partition coefficient (Wildman–Crippen LogP) is 5.37. The molecule has 1 aromatic heterocycles. The second kappa shape index (κ2) is 11.1. The molecule has 35 heavy (non-hydrogen) atoms. The Hall–Kier alpha value is -3.04. The van der Waals surface area contributed by atoms with Gasteiger partial charge in [-0.2, -0.15) is 0 Å². The van der Waals surface area contributed by atoms with Crippen molar-refractivity contribution in [2.45, 2.75) is 39.0 Å². The van der Waals surface area contributed by atoms with Gasteiger partial charge in [-0.25, -0.2) is 4.98 Å². The number of hydrogen-bond donors (Lipinski definition) is 0. The Morgan fingerprint density at radius 1 is 1.03 bits per heavy atom. The maximum atomic E-state index is 12.9. The lowest BCUT2D eigenvalue weighted by molar-refractivity contribution is -0.134. The molecule has 7 nitrogen and oxygen atoms in total. The van der Waals surface area contributed by atoms with Crippen molar-refractivity contribution in [1.29, 1.82) is 0 Å². The van der Waals surface area contributed by atoms with Crippen LogP contribution in [0.4, 0.5) is 0 Å². The first-order valence-electron chi connectivity index (χ1n) is 11.3. The monoisotopic (exact) mass is 556 g/mol. The van der Waals surface area contributed by atoms with Gasteiger partial charge in [0.25, 0.3) is 0 Å². The van der Waals surface area contributed by atoms with Gasteiger partial charge < -0.3 is 14.4 Å². The van der Waals surface area contributed by atoms with Crippen LogP contribution in [0.2, 0.25) is 0 Å². The molecule has 0 atom stereocenters. The van der Waals surface area contributed by atoms with Crippen LogP contribution in [0, 0.1) is 0 Å². The molecular weight excluding hydrogens is 532 g/mol. The zero-order chi connectivity index (χ0) is 24.9. The zero-order valence-electron chi connectivity index (χ0n) is 19.5. The van der Waals surface area contributed by atoms with Crippen LogP contribution in [0.5, 0.6) is 11.5 Å². The number of nitrogens with zero attached hydrogens (tertiary/aromatic N) is 2. The highest BCUT2D eigenvalue weighted by Gasteiger charge is 2.26. The molecule has 0 N–H and O–H groups in total. The molecule has 4 rings (SSSR count). The predicted molar refractivity (Wildman–Crippen MR) is 137 cm³/mol. The first-order chi connectivity index (χ1) is 16.8. The van der Waals surface area contributed by atoms with Crippen molar-refractivity contribution in [3.8, 4) is 22.8 Å². The molecule has 0 radical (unpaired) electrons. The summed E-state index contributed by atoms with van der Waals surface area (Å²) in [7, 11) is 0. The van der Waals surface area contributed by atoms with Crippen LogP contribution >= 0.6 is 27.3 Å². The minimum Gasteiger partial charge on any atom is -0.423 e. The number of ether oxygens (including phenoxy) is 2. The third kappa shape index (κ3) is 6.55. The van der Waals surface area contributed by atoms with E-state index in [4.69, 9.17) is 14.5 Å². The summed E-state index contributed by atoms with van der Waals surface area (Å²) >= 11 is 5.18. The Bertz CT molecular complexity index is 1250. The minimum atomic E-state index is -0.533. The van der Waals surface area contributed by atoms with Crippen molar-refractivity contribution in [3.63, 3.8) is 0 Å². The highest BCUT2D eigenvalue weighted by molar-refractivity contribution is 9.10. The van der Waals surface area contributed by atoms with Crippen molar-refractivity contribution in [2.75, 3.05) is 13.1 Å². The van der Waals surface area contributed by atoms with Gasteiger partial charge in [0, 0.05) is 48.3 Å². The Balaban J connectivity index is 1.36. The van der Waals surface area contributed by atoms with E-state index in [-0.39, 0.29) is 23.8 Å². The normalized spacial score (nSPS) is 14.0. The van der Waals surface area contributed by atoms with Crippen LogP contribution in [-0.4, -0.2) is 40.8 Å². The Kier molecular flexibility index (Phi) is 7.97. The molecule has 3 aromatic rings. The molecule has 0 spiro atoms. The van der Waals surface area contributed by atoms with E-state index < -0.39 is 11.9 Å². The molecular formula is C26H25BrN2O5S. The van der Waals surface area contributed by atoms with Gasteiger partial charge in [-0.1, -0.05) is 34.1 Å². The van der Waals surface area contributed by atoms with Gasteiger partial charge in [0.15, 0.2) is 11.5 Å². The molecule has 1 saturated heterocycles.